The van der Waals surface area contributed by atoms with Crippen molar-refractivity contribution < 1.29 is 19.1 Å². The summed E-state index contributed by atoms with van der Waals surface area (Å²) in [5.41, 5.74) is -0.578. The van der Waals surface area contributed by atoms with Crippen molar-refractivity contribution in [3.8, 4) is 0 Å². The van der Waals surface area contributed by atoms with E-state index in [9.17, 15) is 14.0 Å². The lowest BCUT2D eigenvalue weighted by Gasteiger charge is -2.15. The molecule has 1 aliphatic rings. The Morgan fingerprint density at radius 2 is 2.15 bits per heavy atom. The van der Waals surface area contributed by atoms with E-state index < -0.39 is 17.8 Å². The number of benzene rings is 1. The molecule has 0 saturated heterocycles. The molecule has 3 N–H and O–H groups in total. The number of anilines is 1. The van der Waals surface area contributed by atoms with E-state index in [1.54, 1.807) is 0 Å². The molecule has 1 aromatic rings. The van der Waals surface area contributed by atoms with Crippen molar-refractivity contribution in [3.05, 3.63) is 29.6 Å². The monoisotopic (exact) mass is 280 g/mol. The van der Waals surface area contributed by atoms with Crippen molar-refractivity contribution >= 4 is 17.7 Å². The molecule has 0 heterocycles. The van der Waals surface area contributed by atoms with Gasteiger partial charge >= 0.3 is 12.0 Å². The van der Waals surface area contributed by atoms with Crippen LogP contribution in [0.25, 0.3) is 0 Å². The standard InChI is InChI=1S/C14H17FN2O3/c1-8(7-9-5-6-9)16-14(20)17-12-10(13(18)19)3-2-4-11(12)15/h2-4,8-9H,5-7H2,1H3,(H,18,19)(H2,16,17,20). The number of nitrogens with one attached hydrogen (secondary N) is 2. The van der Waals surface area contributed by atoms with Crippen LogP contribution in [0.4, 0.5) is 14.9 Å². The van der Waals surface area contributed by atoms with Gasteiger partial charge in [-0.3, -0.25) is 0 Å². The van der Waals surface area contributed by atoms with Gasteiger partial charge in [0.25, 0.3) is 0 Å². The lowest BCUT2D eigenvalue weighted by atomic mass is 10.1. The van der Waals surface area contributed by atoms with Crippen molar-refractivity contribution in [1.82, 2.24) is 5.32 Å². The Morgan fingerprint density at radius 1 is 1.45 bits per heavy atom. The number of rotatable bonds is 5. The minimum atomic E-state index is -1.29. The number of carboxylic acid groups (broad SMARTS) is 1. The van der Waals surface area contributed by atoms with Crippen LogP contribution in [-0.4, -0.2) is 23.1 Å². The highest BCUT2D eigenvalue weighted by molar-refractivity contribution is 6.00. The van der Waals surface area contributed by atoms with Crippen molar-refractivity contribution in [2.75, 3.05) is 5.32 Å². The highest BCUT2D eigenvalue weighted by Crippen LogP contribution is 2.33. The molecule has 1 fully saturated rings. The van der Waals surface area contributed by atoms with Gasteiger partial charge < -0.3 is 15.7 Å². The van der Waals surface area contributed by atoms with Gasteiger partial charge in [-0.2, -0.15) is 0 Å². The summed E-state index contributed by atoms with van der Waals surface area (Å²) in [7, 11) is 0. The number of carboxylic acids is 1. The van der Waals surface area contributed by atoms with E-state index in [1.807, 2.05) is 6.92 Å². The van der Waals surface area contributed by atoms with Crippen LogP contribution >= 0.6 is 0 Å². The molecule has 6 heteroatoms. The molecule has 1 unspecified atom stereocenters. The summed E-state index contributed by atoms with van der Waals surface area (Å²) in [6.45, 7) is 1.87. The molecule has 1 aromatic carbocycles. The molecule has 1 aliphatic carbocycles. The third-order valence-corrected chi connectivity index (χ3v) is 3.24. The van der Waals surface area contributed by atoms with Crippen molar-refractivity contribution in [2.45, 2.75) is 32.2 Å². The maximum atomic E-state index is 13.6. The van der Waals surface area contributed by atoms with Gasteiger partial charge in [0.1, 0.15) is 5.82 Å². The molecule has 5 nitrogen and oxygen atoms in total. The van der Waals surface area contributed by atoms with Crippen LogP contribution in [0.5, 0.6) is 0 Å². The summed E-state index contributed by atoms with van der Waals surface area (Å²) in [5, 5.41) is 13.9. The quantitative estimate of drug-likeness (QED) is 0.776. The number of para-hydroxylation sites is 1. The molecule has 1 saturated carbocycles. The Balaban J connectivity index is 2.01. The van der Waals surface area contributed by atoms with E-state index >= 15 is 0 Å². The average Bonchev–Trinajstić information content (AvgIpc) is 3.14. The lowest BCUT2D eigenvalue weighted by molar-refractivity contribution is 0.0697. The fraction of sp³-hybridized carbons (Fsp3) is 0.429. The largest absolute Gasteiger partial charge is 0.478 e. The number of aromatic carboxylic acids is 1. The van der Waals surface area contributed by atoms with Crippen LogP contribution in [0.3, 0.4) is 0 Å². The molecular weight excluding hydrogens is 263 g/mol. The number of amides is 2. The molecule has 0 radical (unpaired) electrons. The summed E-state index contributed by atoms with van der Waals surface area (Å²) in [5.74, 6) is -1.39. The normalized spacial score (nSPS) is 15.5. The average molecular weight is 280 g/mol. The highest BCUT2D eigenvalue weighted by atomic mass is 19.1. The zero-order valence-corrected chi connectivity index (χ0v) is 11.1. The van der Waals surface area contributed by atoms with E-state index in [2.05, 4.69) is 10.6 Å². The molecule has 108 valence electrons. The van der Waals surface area contributed by atoms with Crippen molar-refractivity contribution in [2.24, 2.45) is 5.92 Å². The van der Waals surface area contributed by atoms with Gasteiger partial charge in [-0.05, 0) is 31.4 Å². The molecular formula is C14H17FN2O3. The maximum Gasteiger partial charge on any atom is 0.337 e. The maximum absolute atomic E-state index is 13.6. The lowest BCUT2D eigenvalue weighted by Crippen LogP contribution is -2.37. The Morgan fingerprint density at radius 3 is 2.75 bits per heavy atom. The van der Waals surface area contributed by atoms with Crippen molar-refractivity contribution in [3.63, 3.8) is 0 Å². The van der Waals surface area contributed by atoms with E-state index in [0.717, 1.165) is 12.5 Å². The topological polar surface area (TPSA) is 78.4 Å². The van der Waals surface area contributed by atoms with Crippen LogP contribution < -0.4 is 10.6 Å². The highest BCUT2D eigenvalue weighted by Gasteiger charge is 2.24. The molecule has 0 aliphatic heterocycles. The second-order valence-electron chi connectivity index (χ2n) is 5.15. The number of hydrogen-bond acceptors (Lipinski definition) is 2. The zero-order valence-electron chi connectivity index (χ0n) is 11.1. The summed E-state index contributed by atoms with van der Waals surface area (Å²) in [6, 6.07) is 3.02. The minimum absolute atomic E-state index is 0.0254. The number of halogens is 1. The summed E-state index contributed by atoms with van der Waals surface area (Å²) in [4.78, 5) is 22.8. The van der Waals surface area contributed by atoms with Gasteiger partial charge in [0.05, 0.1) is 11.3 Å². The van der Waals surface area contributed by atoms with Crippen LogP contribution in [-0.2, 0) is 0 Å². The SMILES string of the molecule is CC(CC1CC1)NC(=O)Nc1c(F)cccc1C(=O)O. The van der Waals surface area contributed by atoms with Crippen molar-refractivity contribution in [1.29, 1.82) is 0 Å². The van der Waals surface area contributed by atoms with Gasteiger partial charge in [0, 0.05) is 6.04 Å². The van der Waals surface area contributed by atoms with E-state index in [0.29, 0.717) is 5.92 Å². The summed E-state index contributed by atoms with van der Waals surface area (Å²) in [6.07, 6.45) is 3.25. The summed E-state index contributed by atoms with van der Waals surface area (Å²) >= 11 is 0. The molecule has 1 atom stereocenters. The van der Waals surface area contributed by atoms with E-state index in [1.165, 1.54) is 25.0 Å². The number of urea groups is 1. The smallest absolute Gasteiger partial charge is 0.337 e. The first-order valence-corrected chi connectivity index (χ1v) is 6.56. The van der Waals surface area contributed by atoms with Gasteiger partial charge in [-0.25, -0.2) is 14.0 Å². The van der Waals surface area contributed by atoms with Gasteiger partial charge in [-0.1, -0.05) is 18.9 Å². The van der Waals surface area contributed by atoms with E-state index in [4.69, 9.17) is 5.11 Å². The van der Waals surface area contributed by atoms with Crippen LogP contribution in [0.15, 0.2) is 18.2 Å². The third-order valence-electron chi connectivity index (χ3n) is 3.24. The fourth-order valence-electron chi connectivity index (χ4n) is 2.12. The Kier molecular flexibility index (Phi) is 4.22. The molecule has 2 amide bonds. The molecule has 0 bridgehead atoms. The Labute approximate surface area is 116 Å². The number of carbonyl (C=O) groups excluding carboxylic acids is 1. The van der Waals surface area contributed by atoms with Gasteiger partial charge in [0.15, 0.2) is 0 Å². The van der Waals surface area contributed by atoms with Gasteiger partial charge in [0.2, 0.25) is 0 Å². The van der Waals surface area contributed by atoms with Crippen LogP contribution in [0, 0.1) is 11.7 Å². The van der Waals surface area contributed by atoms with Crippen LogP contribution in [0.1, 0.15) is 36.5 Å². The Bertz CT molecular complexity index is 529. The van der Waals surface area contributed by atoms with E-state index in [-0.39, 0.29) is 17.3 Å². The Hall–Kier alpha value is -2.11. The predicted octanol–water partition coefficient (Wildman–Crippen LogP) is 2.83. The number of carbonyl (C=O) groups is 2. The first-order chi connectivity index (χ1) is 9.47. The molecule has 2 rings (SSSR count). The molecule has 0 aromatic heterocycles. The molecule has 20 heavy (non-hydrogen) atoms. The first-order valence-electron chi connectivity index (χ1n) is 6.56. The molecule has 0 spiro atoms. The second kappa shape index (κ2) is 5.90. The fourth-order valence-corrected chi connectivity index (χ4v) is 2.12. The second-order valence-corrected chi connectivity index (χ2v) is 5.15. The minimum Gasteiger partial charge on any atom is -0.478 e. The first kappa shape index (κ1) is 14.3. The van der Waals surface area contributed by atoms with Crippen LogP contribution in [0.2, 0.25) is 0 Å². The summed E-state index contributed by atoms with van der Waals surface area (Å²) < 4.78 is 13.6. The third kappa shape index (κ3) is 3.69. The predicted molar refractivity (Wildman–Crippen MR) is 72.3 cm³/mol. The zero-order chi connectivity index (χ0) is 14.7. The van der Waals surface area contributed by atoms with Gasteiger partial charge in [-0.15, -0.1) is 0 Å². The number of hydrogen-bond donors (Lipinski definition) is 3.